The minimum Gasteiger partial charge on any atom is -0.390 e. The van der Waals surface area contributed by atoms with Gasteiger partial charge in [-0.2, -0.15) is 0 Å². The van der Waals surface area contributed by atoms with Gasteiger partial charge in [0.1, 0.15) is 0 Å². The van der Waals surface area contributed by atoms with Crippen LogP contribution in [0.3, 0.4) is 0 Å². The van der Waals surface area contributed by atoms with Crippen LogP contribution in [0.1, 0.15) is 19.8 Å². The lowest BCUT2D eigenvalue weighted by molar-refractivity contribution is 0.00989. The molecular formula is C9H14O2. The van der Waals surface area contributed by atoms with Gasteiger partial charge in [-0.05, 0) is 12.5 Å². The van der Waals surface area contributed by atoms with Gasteiger partial charge in [0.2, 0.25) is 0 Å². The fourth-order valence-corrected chi connectivity index (χ4v) is 1.47. The molecule has 0 aliphatic heterocycles. The SMILES string of the molecule is C=CC1=C[C@H](O)C[C@@](C)(O)C1. The molecule has 62 valence electrons. The molecule has 2 atom stereocenters. The van der Waals surface area contributed by atoms with Crippen LogP contribution < -0.4 is 0 Å². The highest BCUT2D eigenvalue weighted by molar-refractivity contribution is 5.23. The van der Waals surface area contributed by atoms with Crippen molar-refractivity contribution in [1.82, 2.24) is 0 Å². The van der Waals surface area contributed by atoms with E-state index in [1.54, 1.807) is 19.1 Å². The fraction of sp³-hybridized carbons (Fsp3) is 0.556. The van der Waals surface area contributed by atoms with E-state index in [2.05, 4.69) is 6.58 Å². The molecule has 11 heavy (non-hydrogen) atoms. The van der Waals surface area contributed by atoms with Gasteiger partial charge in [-0.25, -0.2) is 0 Å². The summed E-state index contributed by atoms with van der Waals surface area (Å²) >= 11 is 0. The zero-order valence-corrected chi connectivity index (χ0v) is 6.75. The Kier molecular flexibility index (Phi) is 2.16. The van der Waals surface area contributed by atoms with E-state index >= 15 is 0 Å². The third-order valence-electron chi connectivity index (χ3n) is 1.90. The number of aliphatic hydroxyl groups excluding tert-OH is 1. The Bertz CT molecular complexity index is 192. The lowest BCUT2D eigenvalue weighted by Crippen LogP contribution is -2.33. The van der Waals surface area contributed by atoms with Gasteiger partial charge in [0.05, 0.1) is 11.7 Å². The third-order valence-corrected chi connectivity index (χ3v) is 1.90. The van der Waals surface area contributed by atoms with Crippen molar-refractivity contribution in [3.63, 3.8) is 0 Å². The number of aliphatic hydroxyl groups is 2. The fourth-order valence-electron chi connectivity index (χ4n) is 1.47. The lowest BCUT2D eigenvalue weighted by atomic mass is 9.85. The summed E-state index contributed by atoms with van der Waals surface area (Å²) in [5.74, 6) is 0. The summed E-state index contributed by atoms with van der Waals surface area (Å²) in [6.07, 6.45) is 3.91. The van der Waals surface area contributed by atoms with Crippen LogP contribution >= 0.6 is 0 Å². The monoisotopic (exact) mass is 154 g/mol. The van der Waals surface area contributed by atoms with Gasteiger partial charge >= 0.3 is 0 Å². The zero-order chi connectivity index (χ0) is 8.48. The second-order valence-electron chi connectivity index (χ2n) is 3.39. The molecule has 0 unspecified atom stereocenters. The van der Waals surface area contributed by atoms with Crippen LogP contribution in [-0.2, 0) is 0 Å². The van der Waals surface area contributed by atoms with Crippen LogP contribution in [0.2, 0.25) is 0 Å². The summed E-state index contributed by atoms with van der Waals surface area (Å²) in [4.78, 5) is 0. The molecule has 0 spiro atoms. The average molecular weight is 154 g/mol. The maximum Gasteiger partial charge on any atom is 0.0754 e. The van der Waals surface area contributed by atoms with Crippen LogP contribution in [0, 0.1) is 0 Å². The molecule has 0 aromatic heterocycles. The maximum atomic E-state index is 9.60. The largest absolute Gasteiger partial charge is 0.390 e. The van der Waals surface area contributed by atoms with Crippen LogP contribution in [0.25, 0.3) is 0 Å². The van der Waals surface area contributed by atoms with Crippen LogP contribution in [0.15, 0.2) is 24.3 Å². The van der Waals surface area contributed by atoms with Crippen LogP contribution in [0.5, 0.6) is 0 Å². The molecule has 0 saturated carbocycles. The first-order valence-electron chi connectivity index (χ1n) is 3.77. The van der Waals surface area contributed by atoms with Gasteiger partial charge < -0.3 is 10.2 Å². The van der Waals surface area contributed by atoms with Gasteiger partial charge in [0.25, 0.3) is 0 Å². The van der Waals surface area contributed by atoms with E-state index in [9.17, 15) is 10.2 Å². The second kappa shape index (κ2) is 2.80. The van der Waals surface area contributed by atoms with Gasteiger partial charge in [0, 0.05) is 12.8 Å². The molecule has 1 rings (SSSR count). The smallest absolute Gasteiger partial charge is 0.0754 e. The van der Waals surface area contributed by atoms with Gasteiger partial charge in [0.15, 0.2) is 0 Å². The van der Waals surface area contributed by atoms with E-state index in [0.717, 1.165) is 5.57 Å². The van der Waals surface area contributed by atoms with Gasteiger partial charge in [-0.15, -0.1) is 0 Å². The van der Waals surface area contributed by atoms with Crippen molar-refractivity contribution in [1.29, 1.82) is 0 Å². The minimum absolute atomic E-state index is 0.421. The molecule has 2 heteroatoms. The van der Waals surface area contributed by atoms with Crippen molar-refractivity contribution in [2.45, 2.75) is 31.5 Å². The lowest BCUT2D eigenvalue weighted by Gasteiger charge is -2.30. The van der Waals surface area contributed by atoms with Crippen molar-refractivity contribution in [2.75, 3.05) is 0 Å². The maximum absolute atomic E-state index is 9.60. The zero-order valence-electron chi connectivity index (χ0n) is 6.75. The first kappa shape index (κ1) is 8.50. The molecule has 0 heterocycles. The molecule has 0 radical (unpaired) electrons. The molecule has 1 aliphatic carbocycles. The highest BCUT2D eigenvalue weighted by Crippen LogP contribution is 2.28. The summed E-state index contributed by atoms with van der Waals surface area (Å²) in [6, 6.07) is 0. The van der Waals surface area contributed by atoms with E-state index in [-0.39, 0.29) is 0 Å². The van der Waals surface area contributed by atoms with E-state index in [4.69, 9.17) is 0 Å². The molecular weight excluding hydrogens is 140 g/mol. The molecule has 1 aliphatic rings. The molecule has 0 fully saturated rings. The van der Waals surface area contributed by atoms with E-state index < -0.39 is 11.7 Å². The predicted molar refractivity (Wildman–Crippen MR) is 44.1 cm³/mol. The van der Waals surface area contributed by atoms with E-state index in [1.807, 2.05) is 0 Å². The average Bonchev–Trinajstić information content (AvgIpc) is 1.83. The van der Waals surface area contributed by atoms with Crippen molar-refractivity contribution in [3.8, 4) is 0 Å². The standard InChI is InChI=1S/C9H14O2/c1-3-7-4-8(10)6-9(2,11)5-7/h3-4,8,10-11H,1,5-6H2,2H3/t8-,9-/m0/s1. The third kappa shape index (κ3) is 2.17. The number of hydrogen-bond acceptors (Lipinski definition) is 2. The number of allylic oxidation sites excluding steroid dienone is 1. The second-order valence-corrected chi connectivity index (χ2v) is 3.39. The molecule has 2 nitrogen and oxygen atoms in total. The molecule has 2 N–H and O–H groups in total. The molecule has 0 aromatic rings. The van der Waals surface area contributed by atoms with E-state index in [0.29, 0.717) is 12.8 Å². The van der Waals surface area contributed by atoms with Crippen molar-refractivity contribution in [2.24, 2.45) is 0 Å². The number of rotatable bonds is 1. The number of hydrogen-bond donors (Lipinski definition) is 2. The molecule has 0 aromatic carbocycles. The highest BCUT2D eigenvalue weighted by atomic mass is 16.3. The summed E-state index contributed by atoms with van der Waals surface area (Å²) in [5.41, 5.74) is 0.159. The predicted octanol–water partition coefficient (Wildman–Crippen LogP) is 1.00. The Balaban J connectivity index is 2.77. The normalized spacial score (nSPS) is 38.1. The van der Waals surface area contributed by atoms with Gasteiger partial charge in [-0.1, -0.05) is 18.7 Å². The minimum atomic E-state index is -0.766. The van der Waals surface area contributed by atoms with Crippen molar-refractivity contribution in [3.05, 3.63) is 24.3 Å². The Morgan fingerprint density at radius 3 is 2.91 bits per heavy atom. The first-order valence-corrected chi connectivity index (χ1v) is 3.77. The topological polar surface area (TPSA) is 40.5 Å². The summed E-state index contributed by atoms with van der Waals surface area (Å²) in [7, 11) is 0. The van der Waals surface area contributed by atoms with Gasteiger partial charge in [-0.3, -0.25) is 0 Å². The Morgan fingerprint density at radius 2 is 2.45 bits per heavy atom. The Labute approximate surface area is 66.9 Å². The summed E-state index contributed by atoms with van der Waals surface area (Å²) in [5, 5.41) is 18.9. The van der Waals surface area contributed by atoms with Crippen molar-refractivity contribution < 1.29 is 10.2 Å². The molecule has 0 amide bonds. The first-order chi connectivity index (χ1) is 5.03. The van der Waals surface area contributed by atoms with E-state index in [1.165, 1.54) is 0 Å². The molecule has 0 bridgehead atoms. The Morgan fingerprint density at radius 1 is 1.82 bits per heavy atom. The Hall–Kier alpha value is -0.600. The molecule has 0 saturated heterocycles. The van der Waals surface area contributed by atoms with Crippen LogP contribution in [-0.4, -0.2) is 21.9 Å². The van der Waals surface area contributed by atoms with Crippen LogP contribution in [0.4, 0.5) is 0 Å². The van der Waals surface area contributed by atoms with Crippen molar-refractivity contribution >= 4 is 0 Å². The summed E-state index contributed by atoms with van der Waals surface area (Å²) in [6.45, 7) is 5.32. The highest BCUT2D eigenvalue weighted by Gasteiger charge is 2.28. The quantitative estimate of drug-likeness (QED) is 0.591. The summed E-state index contributed by atoms with van der Waals surface area (Å²) < 4.78 is 0.